The van der Waals surface area contributed by atoms with Crippen molar-refractivity contribution in [3.8, 4) is 6.07 Å². The predicted octanol–water partition coefficient (Wildman–Crippen LogP) is -3.21. The van der Waals surface area contributed by atoms with E-state index in [1.807, 2.05) is 13.0 Å². The average molecular weight is 148 g/mol. The first-order valence-electron chi connectivity index (χ1n) is 3.35. The van der Waals surface area contributed by atoms with Crippen LogP contribution in [0.2, 0.25) is 0 Å². The molecule has 4 heteroatoms. The van der Waals surface area contributed by atoms with Gasteiger partial charge in [-0.05, 0) is 20.5 Å². The van der Waals surface area contributed by atoms with Gasteiger partial charge in [-0.3, -0.25) is 0 Å². The molecule has 0 aliphatic carbocycles. The summed E-state index contributed by atoms with van der Waals surface area (Å²) in [7, 11) is 3.38. The van der Waals surface area contributed by atoms with E-state index < -0.39 is 6.23 Å². The van der Waals surface area contributed by atoms with E-state index in [0.717, 1.165) is 0 Å². The molecule has 0 fully saturated rings. The quantitative estimate of drug-likeness (QED) is 0.312. The van der Waals surface area contributed by atoms with E-state index in [1.54, 1.807) is 14.1 Å². The van der Waals surface area contributed by atoms with Crippen LogP contribution in [0.3, 0.4) is 0 Å². The van der Waals surface area contributed by atoms with Crippen LogP contribution < -0.4 is 24.0 Å². The fraction of sp³-hybridized carbons (Fsp3) is 0.857. The first-order chi connectivity index (χ1) is 4.63. The molecule has 0 aliphatic rings. The van der Waals surface area contributed by atoms with Crippen molar-refractivity contribution in [2.24, 2.45) is 5.92 Å². The summed E-state index contributed by atoms with van der Waals surface area (Å²) in [6, 6.07) is 1.98. The maximum absolute atomic E-state index is 11.1. The summed E-state index contributed by atoms with van der Waals surface area (Å²) in [6.07, 6.45) is -0.252. The third kappa shape index (κ3) is 4.45. The minimum Gasteiger partial charge on any atom is -0.840 e. The number of hydrogen-bond donors (Lipinski definition) is 0. The number of rotatable bonds is 3. The predicted molar refractivity (Wildman–Crippen MR) is 36.9 cm³/mol. The Morgan fingerprint density at radius 3 is 2.09 bits per heavy atom. The van der Waals surface area contributed by atoms with Crippen LogP contribution in [0.4, 0.5) is 0 Å². The van der Waals surface area contributed by atoms with Crippen molar-refractivity contribution in [3.05, 3.63) is 0 Å². The smallest absolute Gasteiger partial charge is 0.840 e. The topological polar surface area (TPSA) is 50.1 Å². The third-order valence-electron chi connectivity index (χ3n) is 1.46. The largest absolute Gasteiger partial charge is 1.00 e. The molecule has 0 saturated heterocycles. The number of nitriles is 1. The number of hydrogen-bond acceptors (Lipinski definition) is 3. The number of nitrogens with zero attached hydrogens (tertiary/aromatic N) is 2. The van der Waals surface area contributed by atoms with E-state index in [4.69, 9.17) is 5.26 Å². The summed E-state index contributed by atoms with van der Waals surface area (Å²) in [5.41, 5.74) is 0. The van der Waals surface area contributed by atoms with E-state index in [1.165, 1.54) is 4.90 Å². The standard InChI is InChI=1S/C7H13N2O.Li/c1-4-6(5-8)7(10)9(2)3;/h6-7H,4H2,1-3H3;/q-1;+1. The van der Waals surface area contributed by atoms with Crippen LogP contribution in [0, 0.1) is 17.2 Å². The van der Waals surface area contributed by atoms with Gasteiger partial charge in [0.2, 0.25) is 0 Å². The van der Waals surface area contributed by atoms with Crippen molar-refractivity contribution in [1.29, 1.82) is 5.26 Å². The Labute approximate surface area is 80.2 Å². The summed E-state index contributed by atoms with van der Waals surface area (Å²) in [5, 5.41) is 19.6. The fourth-order valence-corrected chi connectivity index (χ4v) is 0.717. The van der Waals surface area contributed by atoms with Crippen LogP contribution >= 0.6 is 0 Å². The molecule has 0 aliphatic heterocycles. The van der Waals surface area contributed by atoms with Crippen molar-refractivity contribution < 1.29 is 24.0 Å². The van der Waals surface area contributed by atoms with Gasteiger partial charge < -0.3 is 10.0 Å². The van der Waals surface area contributed by atoms with Gasteiger partial charge in [0.25, 0.3) is 0 Å². The van der Waals surface area contributed by atoms with E-state index in [-0.39, 0.29) is 24.8 Å². The molecule has 2 atom stereocenters. The minimum absolute atomic E-state index is 0. The molecule has 11 heavy (non-hydrogen) atoms. The van der Waals surface area contributed by atoms with Gasteiger partial charge in [-0.15, -0.1) is 0 Å². The van der Waals surface area contributed by atoms with Crippen LogP contribution in [-0.2, 0) is 0 Å². The molecule has 2 unspecified atom stereocenters. The van der Waals surface area contributed by atoms with Gasteiger partial charge in [0.05, 0.1) is 6.07 Å². The van der Waals surface area contributed by atoms with Crippen LogP contribution in [0.1, 0.15) is 13.3 Å². The van der Waals surface area contributed by atoms with Crippen LogP contribution in [0.5, 0.6) is 0 Å². The normalized spacial score (nSPS) is 14.9. The summed E-state index contributed by atoms with van der Waals surface area (Å²) in [6.45, 7) is 1.85. The maximum Gasteiger partial charge on any atom is 1.00 e. The Balaban J connectivity index is 0. The van der Waals surface area contributed by atoms with Crippen molar-refractivity contribution in [1.82, 2.24) is 4.90 Å². The molecule has 0 spiro atoms. The van der Waals surface area contributed by atoms with Crippen molar-refractivity contribution in [2.75, 3.05) is 14.1 Å². The van der Waals surface area contributed by atoms with Gasteiger partial charge in [0.15, 0.2) is 0 Å². The second-order valence-corrected chi connectivity index (χ2v) is 2.50. The third-order valence-corrected chi connectivity index (χ3v) is 1.46. The Hall–Kier alpha value is 0.00740. The zero-order valence-corrected chi connectivity index (χ0v) is 7.66. The second-order valence-electron chi connectivity index (χ2n) is 2.50. The Bertz CT molecular complexity index is 133. The molecule has 0 rings (SSSR count). The van der Waals surface area contributed by atoms with E-state index in [2.05, 4.69) is 0 Å². The Morgan fingerprint density at radius 1 is 1.55 bits per heavy atom. The molecular weight excluding hydrogens is 135 g/mol. The molecule has 0 N–H and O–H groups in total. The summed E-state index contributed by atoms with van der Waals surface area (Å²) < 4.78 is 0. The molecule has 0 saturated carbocycles. The average Bonchev–Trinajstić information content (AvgIpc) is 1.90. The molecule has 0 bridgehead atoms. The molecule has 0 amide bonds. The van der Waals surface area contributed by atoms with E-state index in [9.17, 15) is 5.11 Å². The molecule has 3 nitrogen and oxygen atoms in total. The van der Waals surface area contributed by atoms with Gasteiger partial charge in [-0.25, -0.2) is 0 Å². The minimum atomic E-state index is -0.880. The summed E-state index contributed by atoms with van der Waals surface area (Å²) in [5.74, 6) is -0.380. The van der Waals surface area contributed by atoms with E-state index in [0.29, 0.717) is 6.42 Å². The van der Waals surface area contributed by atoms with Crippen LogP contribution in [0.15, 0.2) is 0 Å². The van der Waals surface area contributed by atoms with Gasteiger partial charge in [-0.2, -0.15) is 5.26 Å². The van der Waals surface area contributed by atoms with Gasteiger partial charge in [0.1, 0.15) is 0 Å². The first kappa shape index (κ1) is 13.6. The second kappa shape index (κ2) is 6.70. The van der Waals surface area contributed by atoms with Crippen LogP contribution in [0.25, 0.3) is 0 Å². The van der Waals surface area contributed by atoms with Gasteiger partial charge in [0, 0.05) is 5.92 Å². The maximum atomic E-state index is 11.1. The zero-order valence-electron chi connectivity index (χ0n) is 7.66. The summed E-state index contributed by atoms with van der Waals surface area (Å²) >= 11 is 0. The van der Waals surface area contributed by atoms with Crippen molar-refractivity contribution >= 4 is 0 Å². The first-order valence-corrected chi connectivity index (χ1v) is 3.35. The molecule has 0 aromatic carbocycles. The SMILES string of the molecule is CCC(C#N)C([O-])N(C)C.[Li+]. The van der Waals surface area contributed by atoms with Gasteiger partial charge in [-0.1, -0.05) is 13.2 Å². The molecule has 0 aromatic heterocycles. The van der Waals surface area contributed by atoms with Gasteiger partial charge >= 0.3 is 18.9 Å². The van der Waals surface area contributed by atoms with Crippen molar-refractivity contribution in [2.45, 2.75) is 19.6 Å². The molecule has 0 heterocycles. The van der Waals surface area contributed by atoms with Crippen LogP contribution in [-0.4, -0.2) is 25.2 Å². The fourth-order valence-electron chi connectivity index (χ4n) is 0.717. The monoisotopic (exact) mass is 148 g/mol. The molecule has 0 aromatic rings. The molecule has 58 valence electrons. The Morgan fingerprint density at radius 2 is 2.00 bits per heavy atom. The summed E-state index contributed by atoms with van der Waals surface area (Å²) in [4.78, 5) is 1.53. The molecular formula is C7H13LiN2O. The molecule has 0 radical (unpaired) electrons. The van der Waals surface area contributed by atoms with E-state index >= 15 is 0 Å². The zero-order chi connectivity index (χ0) is 8.15. The van der Waals surface area contributed by atoms with Crippen molar-refractivity contribution in [3.63, 3.8) is 0 Å². The Kier molecular flexibility index (Phi) is 8.28.